The Morgan fingerprint density at radius 2 is 1.69 bits per heavy atom. The van der Waals surface area contributed by atoms with Gasteiger partial charge in [0.1, 0.15) is 30.5 Å². The summed E-state index contributed by atoms with van der Waals surface area (Å²) in [4.78, 5) is 112. The van der Waals surface area contributed by atoms with Gasteiger partial charge < -0.3 is 58.3 Å². The number of hydrogen-bond acceptors (Lipinski definition) is 18. The number of piperidine rings is 1. The highest BCUT2D eigenvalue weighted by atomic mass is 19.1. The van der Waals surface area contributed by atoms with Crippen molar-refractivity contribution in [1.82, 2.24) is 49.6 Å². The van der Waals surface area contributed by atoms with Gasteiger partial charge in [-0.3, -0.25) is 43.7 Å². The number of nitrogens with zero attached hydrogens (tertiary/aromatic N) is 9. The van der Waals surface area contributed by atoms with Crippen LogP contribution in [0.5, 0.6) is 5.75 Å². The number of likely N-dealkylation sites (N-methyl/N-ethyl adjacent to an activating group) is 1. The zero-order valence-electron chi connectivity index (χ0n) is 61.3. The number of ether oxygens (including phenoxy) is 4. The summed E-state index contributed by atoms with van der Waals surface area (Å²) < 4.78 is 44.2. The number of likely N-dealkylation sites (tertiary alicyclic amines) is 1. The zero-order chi connectivity index (χ0) is 73.7. The molecule has 6 atom stereocenters. The van der Waals surface area contributed by atoms with E-state index in [-0.39, 0.29) is 75.9 Å². The Morgan fingerprint density at radius 1 is 0.941 bits per heavy atom. The van der Waals surface area contributed by atoms with Crippen LogP contribution in [0.15, 0.2) is 65.6 Å². The maximum absolute atomic E-state index is 16.8. The van der Waals surface area contributed by atoms with Gasteiger partial charge in [-0.15, -0.1) is 0 Å². The number of morpholine rings is 1. The number of benzene rings is 2. The van der Waals surface area contributed by atoms with Crippen LogP contribution in [0.25, 0.3) is 44.5 Å². The third-order valence-electron chi connectivity index (χ3n) is 21.5. The number of carbonyl (C=O) groups excluding carboxylic acids is 6. The molecule has 24 nitrogen and oxygen atoms in total. The number of aryl methyl sites for hydroxylation is 2. The third-order valence-corrected chi connectivity index (χ3v) is 21.5. The van der Waals surface area contributed by atoms with Crippen LogP contribution >= 0.6 is 0 Å². The molecule has 6 bridgehead atoms. The van der Waals surface area contributed by atoms with E-state index in [4.69, 9.17) is 28.9 Å². The van der Waals surface area contributed by atoms with E-state index in [1.165, 1.54) is 17.0 Å². The number of phenols is 1. The van der Waals surface area contributed by atoms with Crippen molar-refractivity contribution in [3.63, 3.8) is 0 Å². The van der Waals surface area contributed by atoms with Gasteiger partial charge in [0.05, 0.1) is 71.4 Å². The van der Waals surface area contributed by atoms with Crippen LogP contribution in [-0.2, 0) is 85.9 Å². The minimum absolute atomic E-state index is 0.0172. The number of phenolic OH excluding ortho intramolecular Hbond substituents is 1. The first kappa shape index (κ1) is 74.4. The number of anilines is 1. The predicted molar refractivity (Wildman–Crippen MR) is 383 cm³/mol. The van der Waals surface area contributed by atoms with E-state index in [1.54, 1.807) is 62.9 Å². The standard InChI is InChI=1S/C55H78FN9O8.C22H20N2O5/c1-13-64-44-19-18-37-30-40(44)41(48(64)39-16-14-24-57-46(39)36(4)71-12)32-53(5,6)34-73-51(69)42-17-15-25-65(59-42)50(68)43(31-38-33-63(37)28-29-72-38)58-49(67)47(35(2)3)61(11)52(70)55(56)22-26-62(27-23-55)45(66)20-21-54(7,8)60(9)10;1-3-12-13-7-11(25)5-6-17(13)23-19-14(12)9-24-18(19)8-16-15(20(24)26)10-29-21(27)22(16,28)4-2/h14,16,18-19,24,30,35-36,38,42-43,47,59H,13,15,17,22-23,25-29,31-34H2,1-12H3,(H,58,67);5-8,25,28H,3-4,9-10H2,1-2H3/t;22-/m.0/s1. The summed E-state index contributed by atoms with van der Waals surface area (Å²) in [7, 11) is 6.82. The lowest BCUT2D eigenvalue weighted by Crippen LogP contribution is -2.63. The first-order valence-corrected chi connectivity index (χ1v) is 35.7. The summed E-state index contributed by atoms with van der Waals surface area (Å²) in [6.45, 7) is 21.9. The SMILES string of the molecule is CCc1c2c(nc3ccc(O)cc13)-c1cc3c(c(=O)n1C2)COC(=O)[C@]3(O)CC.CCn1c(-c2cccnc2C(C)OC)c2c3cc(ccc31)N1CCOC(CC(NC(=O)C(C(C)C)N(C)C(=O)C3(F)CCN(C(=O)C#CC(C)(C)N(C)C)CC3)C(=O)N3CCCC(N3)C(=O)OCC(C)(C)C2)C1. The van der Waals surface area contributed by atoms with Gasteiger partial charge in [0.15, 0.2) is 11.3 Å². The fourth-order valence-electron chi connectivity index (χ4n) is 15.1. The maximum atomic E-state index is 16.8. The number of cyclic esters (lactones) is 2. The maximum Gasteiger partial charge on any atom is 0.343 e. The number of aromatic hydroxyl groups is 1. The number of esters is 2. The molecule has 12 rings (SSSR count). The molecule has 6 aromatic rings. The van der Waals surface area contributed by atoms with E-state index in [0.717, 1.165) is 66.0 Å². The van der Waals surface area contributed by atoms with Gasteiger partial charge in [-0.05, 0) is 151 Å². The normalized spacial score (nSPS) is 21.7. The number of alkyl halides is 1. The van der Waals surface area contributed by atoms with Crippen molar-refractivity contribution in [1.29, 1.82) is 0 Å². The van der Waals surface area contributed by atoms with Crippen molar-refractivity contribution in [2.24, 2.45) is 11.3 Å². The number of aromatic nitrogens is 4. The number of halogens is 1. The van der Waals surface area contributed by atoms with Gasteiger partial charge in [0.2, 0.25) is 5.91 Å². The number of rotatable bonds is 12. The summed E-state index contributed by atoms with van der Waals surface area (Å²) in [5, 5.41) is 27.1. The minimum atomic E-state index is -2.34. The number of fused-ring (bicyclic) bond motifs is 11. The largest absolute Gasteiger partial charge is 0.508 e. The summed E-state index contributed by atoms with van der Waals surface area (Å²) in [6.07, 6.45) is 2.87. The molecule has 5 unspecified atom stereocenters. The van der Waals surface area contributed by atoms with Gasteiger partial charge in [0.25, 0.3) is 23.3 Å². The monoisotopic (exact) mass is 1400 g/mol. The molecular weight excluding hydrogens is 1310 g/mol. The third kappa shape index (κ3) is 14.4. The van der Waals surface area contributed by atoms with Crippen LogP contribution in [0.1, 0.15) is 147 Å². The van der Waals surface area contributed by atoms with E-state index < -0.39 is 87.9 Å². The quantitative estimate of drug-likeness (QED) is 0.0676. The smallest absolute Gasteiger partial charge is 0.343 e. The number of hydrogen-bond donors (Lipinski definition) is 4. The Kier molecular flexibility index (Phi) is 21.5. The van der Waals surface area contributed by atoms with E-state index >= 15 is 4.39 Å². The fraction of sp³-hybridized carbons (Fsp3) is 0.545. The van der Waals surface area contributed by atoms with E-state index in [0.29, 0.717) is 81.0 Å². The number of carbonyl (C=O) groups is 6. The molecule has 25 heteroatoms. The summed E-state index contributed by atoms with van der Waals surface area (Å²) in [5.41, 5.74) is 8.12. The van der Waals surface area contributed by atoms with Crippen molar-refractivity contribution >= 4 is 63.1 Å². The summed E-state index contributed by atoms with van der Waals surface area (Å²) in [6, 6.07) is 14.1. The van der Waals surface area contributed by atoms with E-state index in [9.17, 15) is 43.8 Å². The minimum Gasteiger partial charge on any atom is -0.508 e. The predicted octanol–water partition coefficient (Wildman–Crippen LogP) is 7.64. The Bertz CT molecular complexity index is 4390. The van der Waals surface area contributed by atoms with Crippen LogP contribution in [0.2, 0.25) is 0 Å². The zero-order valence-corrected chi connectivity index (χ0v) is 61.3. The van der Waals surface area contributed by atoms with Crippen LogP contribution in [0, 0.1) is 23.2 Å². The van der Waals surface area contributed by atoms with Gasteiger partial charge in [0, 0.05) is 123 Å². The molecule has 3 fully saturated rings. The molecule has 3 saturated heterocycles. The molecule has 0 spiro atoms. The Balaban J connectivity index is 0.000000296. The molecule has 4 amide bonds. The fourth-order valence-corrected chi connectivity index (χ4v) is 15.1. The highest BCUT2D eigenvalue weighted by molar-refractivity contribution is 5.97. The molecule has 102 heavy (non-hydrogen) atoms. The molecule has 10 heterocycles. The molecule has 2 aromatic carbocycles. The lowest BCUT2D eigenvalue weighted by atomic mass is 9.84. The topological polar surface area (TPSA) is 273 Å². The van der Waals surface area contributed by atoms with Crippen molar-refractivity contribution in [3.8, 4) is 40.2 Å². The summed E-state index contributed by atoms with van der Waals surface area (Å²) >= 11 is 0. The lowest BCUT2D eigenvalue weighted by molar-refractivity contribution is -0.172. The summed E-state index contributed by atoms with van der Waals surface area (Å²) in [5.74, 6) is 1.71. The number of amides is 4. The molecule has 0 saturated carbocycles. The van der Waals surface area contributed by atoms with Gasteiger partial charge in [-0.25, -0.2) is 19.6 Å². The van der Waals surface area contributed by atoms with Gasteiger partial charge in [-0.2, -0.15) is 0 Å². The molecule has 4 N–H and O–H groups in total. The number of hydrazine groups is 1. The van der Waals surface area contributed by atoms with Crippen LogP contribution in [0.3, 0.4) is 0 Å². The highest BCUT2D eigenvalue weighted by Gasteiger charge is 2.49. The molecule has 546 valence electrons. The number of pyridine rings is 3. The Labute approximate surface area is 595 Å². The van der Waals surface area contributed by atoms with Crippen molar-refractivity contribution in [3.05, 3.63) is 105 Å². The average Bonchev–Trinajstić information content (AvgIpc) is 1.49. The highest BCUT2D eigenvalue weighted by Crippen LogP contribution is 2.44. The molecule has 6 aliphatic heterocycles. The van der Waals surface area contributed by atoms with E-state index in [2.05, 4.69) is 77.1 Å². The van der Waals surface area contributed by atoms with Crippen molar-refractivity contribution < 1.29 is 62.3 Å². The lowest BCUT2D eigenvalue weighted by Gasteiger charge is -2.41. The average molecular weight is 1400 g/mol. The first-order valence-electron chi connectivity index (χ1n) is 35.7. The number of nitrogens with one attached hydrogen (secondary N) is 2. The first-order chi connectivity index (χ1) is 48.4. The Morgan fingerprint density at radius 3 is 2.37 bits per heavy atom. The molecule has 0 aliphatic carbocycles. The van der Waals surface area contributed by atoms with Crippen LogP contribution < -0.4 is 21.2 Å². The van der Waals surface area contributed by atoms with Crippen molar-refractivity contribution in [2.45, 2.75) is 187 Å². The van der Waals surface area contributed by atoms with E-state index in [1.807, 2.05) is 52.8 Å². The van der Waals surface area contributed by atoms with Crippen molar-refractivity contribution in [2.75, 3.05) is 79.1 Å². The molecule has 4 aromatic heterocycles. The molecule has 6 aliphatic rings. The second-order valence-corrected chi connectivity index (χ2v) is 29.7. The van der Waals surface area contributed by atoms with Gasteiger partial charge >= 0.3 is 11.9 Å². The van der Waals surface area contributed by atoms with Crippen LogP contribution in [0.4, 0.5) is 10.1 Å². The Hall–Kier alpha value is -8.80. The second-order valence-electron chi connectivity index (χ2n) is 29.7. The van der Waals surface area contributed by atoms with Gasteiger partial charge in [-0.1, -0.05) is 47.5 Å². The number of aliphatic hydroxyl groups is 1. The van der Waals surface area contributed by atoms with Crippen LogP contribution in [-0.4, -0.2) is 194 Å². The second kappa shape index (κ2) is 29.5. The number of methoxy groups -OCH3 is 1. The molecular formula is C77H98FN11O13. The molecule has 0 radical (unpaired) electrons.